The Kier molecular flexibility index (Phi) is 2.36. The van der Waals surface area contributed by atoms with Crippen LogP contribution in [0, 0.1) is 18.3 Å². The summed E-state index contributed by atoms with van der Waals surface area (Å²) >= 11 is 0. The maximum Gasteiger partial charge on any atom is 0.110 e. The van der Waals surface area contributed by atoms with Crippen LogP contribution in [-0.4, -0.2) is 31.7 Å². The van der Waals surface area contributed by atoms with Crippen molar-refractivity contribution in [3.05, 3.63) is 0 Å². The molecule has 2 radical (unpaired) electrons. The molecule has 3 heteroatoms. The Balaban J connectivity index is 2.46. The van der Waals surface area contributed by atoms with Crippen molar-refractivity contribution in [3.63, 3.8) is 0 Å². The molecular formula is C7H9BO2. The normalized spacial score (nSPS) is 39.4. The lowest BCUT2D eigenvalue weighted by molar-refractivity contribution is 0.0415. The quantitative estimate of drug-likeness (QED) is 0.389. The van der Waals surface area contributed by atoms with Crippen LogP contribution in [0.15, 0.2) is 0 Å². The lowest BCUT2D eigenvalue weighted by atomic mass is 9.87. The summed E-state index contributed by atoms with van der Waals surface area (Å²) in [4.78, 5) is 0. The average molecular weight is 136 g/mol. The van der Waals surface area contributed by atoms with Crippen molar-refractivity contribution >= 4 is 7.85 Å². The summed E-state index contributed by atoms with van der Waals surface area (Å²) < 4.78 is 5.10. The highest BCUT2D eigenvalue weighted by atomic mass is 16.5. The van der Waals surface area contributed by atoms with Gasteiger partial charge in [0.2, 0.25) is 0 Å². The van der Waals surface area contributed by atoms with Crippen molar-refractivity contribution in [1.82, 2.24) is 0 Å². The summed E-state index contributed by atoms with van der Waals surface area (Å²) in [7, 11) is 5.48. The molecule has 0 aliphatic carbocycles. The van der Waals surface area contributed by atoms with E-state index in [1.165, 1.54) is 0 Å². The first-order chi connectivity index (χ1) is 4.77. The molecule has 0 unspecified atom stereocenters. The van der Waals surface area contributed by atoms with Crippen LogP contribution in [0.3, 0.4) is 0 Å². The number of hydrogen-bond donors (Lipinski definition) is 1. The lowest BCUT2D eigenvalue weighted by Gasteiger charge is -2.06. The number of aliphatic hydroxyl groups excluding tert-OH is 1. The Morgan fingerprint density at radius 1 is 1.80 bits per heavy atom. The highest BCUT2D eigenvalue weighted by Gasteiger charge is 2.29. The topological polar surface area (TPSA) is 29.5 Å². The average Bonchev–Trinajstić information content (AvgIpc) is 2.30. The van der Waals surface area contributed by atoms with E-state index >= 15 is 0 Å². The van der Waals surface area contributed by atoms with Gasteiger partial charge in [-0.3, -0.25) is 0 Å². The molecule has 2 nitrogen and oxygen atoms in total. The van der Waals surface area contributed by atoms with Gasteiger partial charge in [0.25, 0.3) is 0 Å². The number of hydrogen-bond acceptors (Lipinski definition) is 2. The van der Waals surface area contributed by atoms with E-state index in [4.69, 9.17) is 24.1 Å². The molecule has 1 aliphatic rings. The van der Waals surface area contributed by atoms with Crippen LogP contribution in [-0.2, 0) is 4.74 Å². The van der Waals surface area contributed by atoms with Gasteiger partial charge < -0.3 is 9.84 Å². The minimum Gasteiger partial charge on any atom is -0.394 e. The van der Waals surface area contributed by atoms with E-state index in [1.54, 1.807) is 0 Å². The van der Waals surface area contributed by atoms with Crippen molar-refractivity contribution in [2.75, 3.05) is 6.61 Å². The maximum absolute atomic E-state index is 8.65. The summed E-state index contributed by atoms with van der Waals surface area (Å²) in [6, 6.07) is -0.387. The summed E-state index contributed by atoms with van der Waals surface area (Å²) in [5.41, 5.74) is 0. The van der Waals surface area contributed by atoms with E-state index in [1.807, 2.05) is 0 Å². The zero-order valence-electron chi connectivity index (χ0n) is 5.66. The Hall–Kier alpha value is -0.455. The smallest absolute Gasteiger partial charge is 0.110 e. The van der Waals surface area contributed by atoms with E-state index in [2.05, 4.69) is 5.92 Å². The van der Waals surface area contributed by atoms with Crippen molar-refractivity contribution in [1.29, 1.82) is 0 Å². The molecule has 1 rings (SSSR count). The van der Waals surface area contributed by atoms with Gasteiger partial charge in [-0.15, -0.1) is 12.3 Å². The molecule has 1 heterocycles. The van der Waals surface area contributed by atoms with Gasteiger partial charge in [0.15, 0.2) is 0 Å². The van der Waals surface area contributed by atoms with E-state index in [0.29, 0.717) is 6.42 Å². The predicted molar refractivity (Wildman–Crippen MR) is 38.4 cm³/mol. The van der Waals surface area contributed by atoms with E-state index in [9.17, 15) is 0 Å². The van der Waals surface area contributed by atoms with Crippen molar-refractivity contribution in [3.8, 4) is 12.3 Å². The Morgan fingerprint density at radius 3 is 2.80 bits per heavy atom. The van der Waals surface area contributed by atoms with Gasteiger partial charge >= 0.3 is 0 Å². The fourth-order valence-electron chi connectivity index (χ4n) is 1.07. The second-order valence-corrected chi connectivity index (χ2v) is 2.41. The van der Waals surface area contributed by atoms with Gasteiger partial charge in [-0.25, -0.2) is 0 Å². The molecule has 0 aromatic heterocycles. The van der Waals surface area contributed by atoms with E-state index in [0.717, 1.165) is 0 Å². The van der Waals surface area contributed by atoms with Crippen LogP contribution in [0.4, 0.5) is 0 Å². The summed E-state index contributed by atoms with van der Waals surface area (Å²) in [6.45, 7) is 0.00583. The van der Waals surface area contributed by atoms with Crippen LogP contribution in [0.25, 0.3) is 0 Å². The third kappa shape index (κ3) is 1.34. The molecule has 52 valence electrons. The molecule has 0 aromatic rings. The summed E-state index contributed by atoms with van der Waals surface area (Å²) in [6.07, 6.45) is 5.67. The summed E-state index contributed by atoms with van der Waals surface area (Å²) in [5.74, 6) is 2.49. The Morgan fingerprint density at radius 2 is 2.50 bits per heavy atom. The molecule has 0 spiro atoms. The predicted octanol–water partition coefficient (Wildman–Crippen LogP) is -0.488. The molecule has 0 amide bonds. The van der Waals surface area contributed by atoms with Crippen LogP contribution in [0.5, 0.6) is 0 Å². The molecule has 10 heavy (non-hydrogen) atoms. The molecule has 1 saturated heterocycles. The Labute approximate surface area is 62.0 Å². The molecule has 1 aliphatic heterocycles. The van der Waals surface area contributed by atoms with Gasteiger partial charge in [0, 0.05) is 11.9 Å². The number of terminal acetylenes is 1. The van der Waals surface area contributed by atoms with Crippen molar-refractivity contribution in [2.45, 2.75) is 18.5 Å². The minimum atomic E-state index is -0.387. The van der Waals surface area contributed by atoms with Gasteiger partial charge in [-0.05, 0) is 6.42 Å². The highest BCUT2D eigenvalue weighted by Crippen LogP contribution is 2.23. The monoisotopic (exact) mass is 136 g/mol. The maximum atomic E-state index is 8.65. The SMILES string of the molecule is [B][C@@H]1O[C@H](CO)C[C@@H]1C#C. The zero-order chi connectivity index (χ0) is 7.56. The largest absolute Gasteiger partial charge is 0.394 e. The first-order valence-electron chi connectivity index (χ1n) is 3.26. The first kappa shape index (κ1) is 7.65. The van der Waals surface area contributed by atoms with Gasteiger partial charge in [-0.1, -0.05) is 0 Å². The molecule has 3 atom stereocenters. The van der Waals surface area contributed by atoms with Gasteiger partial charge in [0.1, 0.15) is 7.85 Å². The highest BCUT2D eigenvalue weighted by molar-refractivity contribution is 6.11. The van der Waals surface area contributed by atoms with E-state index < -0.39 is 0 Å². The molecule has 0 bridgehead atoms. The minimum absolute atomic E-state index is 0.00583. The molecule has 1 fully saturated rings. The fraction of sp³-hybridized carbons (Fsp3) is 0.714. The zero-order valence-corrected chi connectivity index (χ0v) is 5.66. The number of aliphatic hydroxyl groups is 1. The van der Waals surface area contributed by atoms with Gasteiger partial charge in [0.05, 0.1) is 12.7 Å². The lowest BCUT2D eigenvalue weighted by Crippen LogP contribution is -2.15. The van der Waals surface area contributed by atoms with Crippen molar-refractivity contribution in [2.24, 2.45) is 5.92 Å². The second-order valence-electron chi connectivity index (χ2n) is 2.41. The molecule has 0 saturated carbocycles. The number of rotatable bonds is 1. The van der Waals surface area contributed by atoms with Crippen LogP contribution in [0.2, 0.25) is 0 Å². The summed E-state index contributed by atoms with van der Waals surface area (Å²) in [5, 5.41) is 8.65. The fourth-order valence-corrected chi connectivity index (χ4v) is 1.07. The Bertz CT molecular complexity index is 152. The third-order valence-electron chi connectivity index (χ3n) is 1.68. The number of ether oxygens (including phenoxy) is 1. The molecule has 0 aromatic carbocycles. The third-order valence-corrected chi connectivity index (χ3v) is 1.68. The molecular weight excluding hydrogens is 127 g/mol. The first-order valence-corrected chi connectivity index (χ1v) is 3.26. The van der Waals surface area contributed by atoms with Gasteiger partial charge in [-0.2, -0.15) is 0 Å². The molecule has 1 N–H and O–H groups in total. The second kappa shape index (κ2) is 3.09. The standard InChI is InChI=1S/C7H9BO2/c1-2-5-3-6(4-9)10-7(5)8/h1,5-7,9H,3-4H2/t5-,6-,7+/m0/s1. The van der Waals surface area contributed by atoms with Crippen LogP contribution < -0.4 is 0 Å². The van der Waals surface area contributed by atoms with Crippen molar-refractivity contribution < 1.29 is 9.84 Å². The van der Waals surface area contributed by atoms with Crippen LogP contribution in [0.1, 0.15) is 6.42 Å². The van der Waals surface area contributed by atoms with Crippen LogP contribution >= 0.6 is 0 Å². The van der Waals surface area contributed by atoms with E-state index in [-0.39, 0.29) is 24.6 Å².